The van der Waals surface area contributed by atoms with Crippen LogP contribution in [0.2, 0.25) is 0 Å². The van der Waals surface area contributed by atoms with E-state index in [4.69, 9.17) is 0 Å². The van der Waals surface area contributed by atoms with Crippen molar-refractivity contribution in [3.63, 3.8) is 0 Å². The fraction of sp³-hybridized carbons (Fsp3) is 0.107. The highest BCUT2D eigenvalue weighted by Crippen LogP contribution is 2.45. The van der Waals surface area contributed by atoms with Gasteiger partial charge < -0.3 is 5.32 Å². The van der Waals surface area contributed by atoms with Crippen molar-refractivity contribution in [2.75, 3.05) is 10.2 Å². The zero-order valence-electron chi connectivity index (χ0n) is 18.2. The summed E-state index contributed by atoms with van der Waals surface area (Å²) in [5.74, 6) is -0.456. The molecule has 1 N–H and O–H groups in total. The molecule has 2 heterocycles. The molecule has 0 aliphatic carbocycles. The molecule has 0 bridgehead atoms. The minimum absolute atomic E-state index is 0.122. The van der Waals surface area contributed by atoms with Crippen LogP contribution in [0, 0.1) is 6.92 Å². The predicted molar refractivity (Wildman–Crippen MR) is 129 cm³/mol. The van der Waals surface area contributed by atoms with E-state index in [0.717, 1.165) is 16.9 Å². The number of carbonyl (C=O) groups is 2. The van der Waals surface area contributed by atoms with Crippen molar-refractivity contribution in [2.45, 2.75) is 18.9 Å². The Labute approximate surface area is 192 Å². The number of hydrogen-bond donors (Lipinski definition) is 1. The van der Waals surface area contributed by atoms with E-state index in [-0.39, 0.29) is 11.8 Å². The number of carbonyl (C=O) groups excluding carboxylic acids is 2. The quantitative estimate of drug-likeness (QED) is 0.461. The lowest BCUT2D eigenvalue weighted by molar-refractivity contribution is -0.118. The highest BCUT2D eigenvalue weighted by Gasteiger charge is 2.44. The summed E-state index contributed by atoms with van der Waals surface area (Å²) >= 11 is 0. The Hall–Kier alpha value is -4.25. The van der Waals surface area contributed by atoms with E-state index >= 15 is 0 Å². The summed E-state index contributed by atoms with van der Waals surface area (Å²) in [6.07, 6.45) is 0. The largest absolute Gasteiger partial charge is 0.310 e. The molecular formula is C28H23N3O2. The number of para-hydroxylation sites is 1. The zero-order valence-corrected chi connectivity index (χ0v) is 18.2. The summed E-state index contributed by atoms with van der Waals surface area (Å²) in [7, 11) is 0. The lowest BCUT2D eigenvalue weighted by atomic mass is 9.79. The number of nitrogens with zero attached hydrogens (tertiary/aromatic N) is 2. The smallest absolute Gasteiger partial charge is 0.259 e. The average molecular weight is 434 g/mol. The summed E-state index contributed by atoms with van der Waals surface area (Å²) < 4.78 is 0. The Morgan fingerprint density at radius 1 is 0.818 bits per heavy atom. The van der Waals surface area contributed by atoms with Gasteiger partial charge in [0.2, 0.25) is 5.91 Å². The van der Waals surface area contributed by atoms with Gasteiger partial charge in [-0.2, -0.15) is 0 Å². The molecule has 3 aromatic carbocycles. The zero-order chi connectivity index (χ0) is 22.8. The van der Waals surface area contributed by atoms with Gasteiger partial charge in [-0.3, -0.25) is 14.5 Å². The SMILES string of the molecule is Cc1cccc(NC(=O)C2c3ccccc3C(=O)N(c3ccccc3)C2c2ccccc2)n1. The maximum Gasteiger partial charge on any atom is 0.259 e. The van der Waals surface area contributed by atoms with Crippen LogP contribution in [0.5, 0.6) is 0 Å². The Kier molecular flexibility index (Phi) is 5.45. The van der Waals surface area contributed by atoms with Crippen molar-refractivity contribution < 1.29 is 9.59 Å². The van der Waals surface area contributed by atoms with Gasteiger partial charge >= 0.3 is 0 Å². The van der Waals surface area contributed by atoms with Crippen LogP contribution in [0.1, 0.15) is 39.1 Å². The number of aryl methyl sites for hydroxylation is 1. The normalized spacial score (nSPS) is 17.4. The predicted octanol–water partition coefficient (Wildman–Crippen LogP) is 5.51. The molecule has 5 heteroatoms. The molecular weight excluding hydrogens is 410 g/mol. The average Bonchev–Trinajstić information content (AvgIpc) is 2.85. The summed E-state index contributed by atoms with van der Waals surface area (Å²) in [5, 5.41) is 2.99. The van der Waals surface area contributed by atoms with E-state index in [1.54, 1.807) is 17.0 Å². The monoisotopic (exact) mass is 433 g/mol. The van der Waals surface area contributed by atoms with Gasteiger partial charge in [-0.25, -0.2) is 4.98 Å². The first-order valence-corrected chi connectivity index (χ1v) is 10.9. The van der Waals surface area contributed by atoms with Crippen LogP contribution in [0.25, 0.3) is 0 Å². The van der Waals surface area contributed by atoms with Gasteiger partial charge in [-0.15, -0.1) is 0 Å². The van der Waals surface area contributed by atoms with Crippen LogP contribution in [-0.2, 0) is 4.79 Å². The molecule has 33 heavy (non-hydrogen) atoms. The molecule has 162 valence electrons. The third-order valence-corrected chi connectivity index (χ3v) is 5.94. The molecule has 1 aromatic heterocycles. The summed E-state index contributed by atoms with van der Waals surface area (Å²) in [6, 6.07) is 31.6. The Morgan fingerprint density at radius 3 is 2.21 bits per heavy atom. The van der Waals surface area contributed by atoms with Gasteiger partial charge in [0.1, 0.15) is 5.82 Å². The Morgan fingerprint density at radius 2 is 1.48 bits per heavy atom. The van der Waals surface area contributed by atoms with E-state index in [9.17, 15) is 9.59 Å². The van der Waals surface area contributed by atoms with E-state index in [1.165, 1.54) is 0 Å². The highest BCUT2D eigenvalue weighted by molar-refractivity contribution is 6.12. The highest BCUT2D eigenvalue weighted by atomic mass is 16.2. The van der Waals surface area contributed by atoms with Gasteiger partial charge in [0, 0.05) is 16.9 Å². The number of pyridine rings is 1. The molecule has 0 fully saturated rings. The van der Waals surface area contributed by atoms with Gasteiger partial charge in [-0.05, 0) is 48.4 Å². The van der Waals surface area contributed by atoms with Crippen molar-refractivity contribution in [3.8, 4) is 0 Å². The van der Waals surface area contributed by atoms with E-state index in [1.807, 2.05) is 97.9 Å². The molecule has 5 rings (SSSR count). The minimum atomic E-state index is -0.621. The van der Waals surface area contributed by atoms with Crippen molar-refractivity contribution >= 4 is 23.3 Å². The number of amides is 2. The van der Waals surface area contributed by atoms with Gasteiger partial charge in [-0.1, -0.05) is 72.8 Å². The second-order valence-corrected chi connectivity index (χ2v) is 8.08. The van der Waals surface area contributed by atoms with Crippen molar-refractivity contribution in [1.29, 1.82) is 0 Å². The van der Waals surface area contributed by atoms with Crippen LogP contribution >= 0.6 is 0 Å². The first kappa shape index (κ1) is 20.6. The molecule has 2 amide bonds. The molecule has 0 radical (unpaired) electrons. The molecule has 1 aliphatic rings. The van der Waals surface area contributed by atoms with Crippen LogP contribution in [0.3, 0.4) is 0 Å². The van der Waals surface area contributed by atoms with Crippen LogP contribution < -0.4 is 10.2 Å². The third kappa shape index (κ3) is 3.89. The molecule has 2 atom stereocenters. The molecule has 1 aliphatic heterocycles. The fourth-order valence-electron chi connectivity index (χ4n) is 4.50. The maximum atomic E-state index is 13.8. The maximum absolute atomic E-state index is 13.8. The molecule has 0 saturated carbocycles. The van der Waals surface area contributed by atoms with E-state index < -0.39 is 12.0 Å². The van der Waals surface area contributed by atoms with Gasteiger partial charge in [0.25, 0.3) is 5.91 Å². The van der Waals surface area contributed by atoms with Crippen LogP contribution in [0.4, 0.5) is 11.5 Å². The first-order chi connectivity index (χ1) is 16.1. The Bertz CT molecular complexity index is 1310. The first-order valence-electron chi connectivity index (χ1n) is 10.9. The number of hydrogen-bond acceptors (Lipinski definition) is 3. The number of anilines is 2. The Balaban J connectivity index is 1.69. The lowest BCUT2D eigenvalue weighted by Gasteiger charge is -2.41. The van der Waals surface area contributed by atoms with Crippen molar-refractivity contribution in [1.82, 2.24) is 4.98 Å². The van der Waals surface area contributed by atoms with Gasteiger partial charge in [0.15, 0.2) is 0 Å². The van der Waals surface area contributed by atoms with Crippen molar-refractivity contribution in [3.05, 3.63) is 126 Å². The minimum Gasteiger partial charge on any atom is -0.310 e. The number of benzene rings is 3. The molecule has 0 saturated heterocycles. The number of nitrogens with one attached hydrogen (secondary N) is 1. The van der Waals surface area contributed by atoms with Crippen LogP contribution in [0.15, 0.2) is 103 Å². The second kappa shape index (κ2) is 8.71. The van der Waals surface area contributed by atoms with Crippen LogP contribution in [-0.4, -0.2) is 16.8 Å². The second-order valence-electron chi connectivity index (χ2n) is 8.08. The van der Waals surface area contributed by atoms with E-state index in [0.29, 0.717) is 16.9 Å². The lowest BCUT2D eigenvalue weighted by Crippen LogP contribution is -2.46. The van der Waals surface area contributed by atoms with E-state index in [2.05, 4.69) is 10.3 Å². The molecule has 5 nitrogen and oxygen atoms in total. The summed E-state index contributed by atoms with van der Waals surface area (Å²) in [4.78, 5) is 33.8. The van der Waals surface area contributed by atoms with Gasteiger partial charge in [0.05, 0.1) is 12.0 Å². The molecule has 4 aromatic rings. The number of aromatic nitrogens is 1. The molecule has 2 unspecified atom stereocenters. The van der Waals surface area contributed by atoms with Crippen molar-refractivity contribution in [2.24, 2.45) is 0 Å². The molecule has 0 spiro atoms. The topological polar surface area (TPSA) is 62.3 Å². The number of fused-ring (bicyclic) bond motifs is 1. The number of rotatable bonds is 4. The summed E-state index contributed by atoms with van der Waals surface area (Å²) in [5.41, 5.74) is 3.70. The standard InChI is InChI=1S/C28H23N3O2/c1-19-11-10-18-24(29-19)30-27(32)25-22-16-8-9-17-23(22)28(33)31(21-14-6-3-7-15-21)26(25)20-12-4-2-5-13-20/h2-18,25-26H,1H3,(H,29,30,32). The fourth-order valence-corrected chi connectivity index (χ4v) is 4.50. The summed E-state index contributed by atoms with van der Waals surface area (Å²) in [6.45, 7) is 1.88. The third-order valence-electron chi connectivity index (χ3n) is 5.94.